The number of halogens is 1. The summed E-state index contributed by atoms with van der Waals surface area (Å²) in [4.78, 5) is 14.7. The van der Waals surface area contributed by atoms with Gasteiger partial charge in [-0.15, -0.1) is 0 Å². The van der Waals surface area contributed by atoms with E-state index in [-0.39, 0.29) is 24.4 Å². The van der Waals surface area contributed by atoms with Gasteiger partial charge in [0.15, 0.2) is 11.6 Å². The molecule has 82 valence electrons. The lowest BCUT2D eigenvalue weighted by Gasteiger charge is -2.34. The summed E-state index contributed by atoms with van der Waals surface area (Å²) in [5.74, 6) is -0.834. The first kappa shape index (κ1) is 10.1. The van der Waals surface area contributed by atoms with Gasteiger partial charge in [0, 0.05) is 18.8 Å². The van der Waals surface area contributed by atoms with Crippen molar-refractivity contribution in [1.82, 2.24) is 9.55 Å². The number of hydrogen-bond donors (Lipinski definition) is 2. The number of aromatic nitrogens is 2. The molecule has 6 heteroatoms. The second-order valence-electron chi connectivity index (χ2n) is 3.84. The van der Waals surface area contributed by atoms with E-state index < -0.39 is 11.5 Å². The maximum atomic E-state index is 13.1. The van der Waals surface area contributed by atoms with Crippen LogP contribution in [-0.4, -0.2) is 21.3 Å². The molecule has 0 aromatic carbocycles. The van der Waals surface area contributed by atoms with Gasteiger partial charge in [-0.1, -0.05) is 0 Å². The van der Waals surface area contributed by atoms with Crippen molar-refractivity contribution in [2.24, 2.45) is 5.92 Å². The predicted octanol–water partition coefficient (Wildman–Crippen LogP) is -0.0920. The number of nitrogens with two attached hydrogens (primary N) is 1. The van der Waals surface area contributed by atoms with Crippen molar-refractivity contribution in [3.63, 3.8) is 0 Å². The van der Waals surface area contributed by atoms with Gasteiger partial charge in [0.25, 0.3) is 0 Å². The molecule has 1 heterocycles. The number of aliphatic hydroxyl groups excluding tert-OH is 1. The smallest absolute Gasteiger partial charge is 0.349 e. The lowest BCUT2D eigenvalue weighted by atomic mass is 9.81. The van der Waals surface area contributed by atoms with Crippen LogP contribution in [0.3, 0.4) is 0 Å². The summed E-state index contributed by atoms with van der Waals surface area (Å²) in [6.45, 7) is 0.107. The van der Waals surface area contributed by atoms with Gasteiger partial charge in [0.2, 0.25) is 0 Å². The highest BCUT2D eigenvalue weighted by atomic mass is 19.1. The molecule has 0 aliphatic heterocycles. The van der Waals surface area contributed by atoms with Crippen LogP contribution in [0.1, 0.15) is 18.9 Å². The lowest BCUT2D eigenvalue weighted by molar-refractivity contribution is 0.109. The van der Waals surface area contributed by atoms with Gasteiger partial charge >= 0.3 is 5.69 Å². The molecule has 5 nitrogen and oxygen atoms in total. The van der Waals surface area contributed by atoms with Gasteiger partial charge in [0.1, 0.15) is 0 Å². The van der Waals surface area contributed by atoms with E-state index in [1.807, 2.05) is 0 Å². The molecule has 0 atom stereocenters. The molecule has 1 aromatic rings. The fourth-order valence-corrected chi connectivity index (χ4v) is 1.80. The third-order valence-electron chi connectivity index (χ3n) is 2.80. The second-order valence-corrected chi connectivity index (χ2v) is 3.84. The fourth-order valence-electron chi connectivity index (χ4n) is 1.80. The average molecular weight is 213 g/mol. The quantitative estimate of drug-likeness (QED) is 0.719. The van der Waals surface area contributed by atoms with Crippen LogP contribution in [0.5, 0.6) is 0 Å². The Morgan fingerprint density at radius 2 is 2.33 bits per heavy atom. The van der Waals surface area contributed by atoms with Crippen LogP contribution in [0.4, 0.5) is 10.2 Å². The topological polar surface area (TPSA) is 81.1 Å². The first-order valence-corrected chi connectivity index (χ1v) is 4.77. The van der Waals surface area contributed by atoms with Gasteiger partial charge < -0.3 is 10.8 Å². The summed E-state index contributed by atoms with van der Waals surface area (Å²) in [6.07, 6.45) is 2.45. The summed E-state index contributed by atoms with van der Waals surface area (Å²) in [5.41, 5.74) is 4.63. The SMILES string of the molecule is Nc1nc(=O)n(C2CC(CO)C2)cc1F. The minimum Gasteiger partial charge on any atom is -0.396 e. The van der Waals surface area contributed by atoms with E-state index in [1.54, 1.807) is 0 Å². The van der Waals surface area contributed by atoms with Gasteiger partial charge in [-0.2, -0.15) is 4.98 Å². The fraction of sp³-hybridized carbons (Fsp3) is 0.556. The number of aliphatic hydroxyl groups is 1. The van der Waals surface area contributed by atoms with Gasteiger partial charge in [0.05, 0.1) is 0 Å². The van der Waals surface area contributed by atoms with Crippen LogP contribution in [-0.2, 0) is 0 Å². The molecule has 1 fully saturated rings. The van der Waals surface area contributed by atoms with E-state index in [9.17, 15) is 9.18 Å². The molecular formula is C9H12FN3O2. The Morgan fingerprint density at radius 3 is 2.93 bits per heavy atom. The van der Waals surface area contributed by atoms with E-state index in [1.165, 1.54) is 4.57 Å². The van der Waals surface area contributed by atoms with Crippen molar-refractivity contribution in [3.8, 4) is 0 Å². The Bertz CT molecular complexity index is 426. The van der Waals surface area contributed by atoms with Crippen molar-refractivity contribution < 1.29 is 9.50 Å². The van der Waals surface area contributed by atoms with Crippen molar-refractivity contribution in [2.45, 2.75) is 18.9 Å². The summed E-state index contributed by atoms with van der Waals surface area (Å²) in [6, 6.07) is -0.0581. The zero-order valence-electron chi connectivity index (χ0n) is 8.06. The van der Waals surface area contributed by atoms with Crippen molar-refractivity contribution in [1.29, 1.82) is 0 Å². The molecule has 3 N–H and O–H groups in total. The molecule has 1 aliphatic rings. The normalized spacial score (nSPS) is 24.9. The first-order chi connectivity index (χ1) is 7.11. The molecule has 2 rings (SSSR count). The Labute approximate surface area is 85.4 Å². The molecule has 0 unspecified atom stereocenters. The number of nitrogen functional groups attached to an aromatic ring is 1. The highest BCUT2D eigenvalue weighted by Gasteiger charge is 2.30. The van der Waals surface area contributed by atoms with Crippen LogP contribution >= 0.6 is 0 Å². The molecule has 1 aliphatic carbocycles. The first-order valence-electron chi connectivity index (χ1n) is 4.77. The molecular weight excluding hydrogens is 201 g/mol. The Balaban J connectivity index is 2.23. The maximum Gasteiger partial charge on any atom is 0.349 e. The molecule has 1 saturated carbocycles. The van der Waals surface area contributed by atoms with Crippen molar-refractivity contribution in [3.05, 3.63) is 22.5 Å². The summed E-state index contributed by atoms with van der Waals surface area (Å²) < 4.78 is 14.3. The monoisotopic (exact) mass is 213 g/mol. The molecule has 0 spiro atoms. The largest absolute Gasteiger partial charge is 0.396 e. The number of anilines is 1. The van der Waals surface area contributed by atoms with E-state index in [0.29, 0.717) is 12.8 Å². The molecule has 0 bridgehead atoms. The summed E-state index contributed by atoms with van der Waals surface area (Å²) >= 11 is 0. The Kier molecular flexibility index (Phi) is 2.44. The van der Waals surface area contributed by atoms with Crippen LogP contribution in [0.15, 0.2) is 11.0 Å². The van der Waals surface area contributed by atoms with E-state index in [4.69, 9.17) is 10.8 Å². The molecule has 0 saturated heterocycles. The third-order valence-corrected chi connectivity index (χ3v) is 2.80. The molecule has 15 heavy (non-hydrogen) atoms. The van der Waals surface area contributed by atoms with Crippen LogP contribution < -0.4 is 11.4 Å². The molecule has 0 radical (unpaired) electrons. The second kappa shape index (κ2) is 3.62. The Hall–Kier alpha value is -1.43. The minimum atomic E-state index is -0.679. The van der Waals surface area contributed by atoms with Gasteiger partial charge in [-0.3, -0.25) is 4.57 Å². The van der Waals surface area contributed by atoms with Gasteiger partial charge in [-0.05, 0) is 18.8 Å². The number of nitrogens with zero attached hydrogens (tertiary/aromatic N) is 2. The van der Waals surface area contributed by atoms with E-state index in [0.717, 1.165) is 6.20 Å². The zero-order valence-corrected chi connectivity index (χ0v) is 8.06. The zero-order chi connectivity index (χ0) is 11.0. The molecule has 1 aromatic heterocycles. The minimum absolute atomic E-state index is 0.0581. The number of hydrogen-bond acceptors (Lipinski definition) is 4. The van der Waals surface area contributed by atoms with Crippen molar-refractivity contribution in [2.75, 3.05) is 12.3 Å². The standard InChI is InChI=1S/C9H12FN3O2/c10-7-3-13(9(15)12-8(7)11)6-1-5(2-6)4-14/h3,5-6,14H,1-2,4H2,(H2,11,12,15). The van der Waals surface area contributed by atoms with Crippen LogP contribution in [0, 0.1) is 11.7 Å². The van der Waals surface area contributed by atoms with Crippen molar-refractivity contribution >= 4 is 5.82 Å². The molecule has 0 amide bonds. The highest BCUT2D eigenvalue weighted by molar-refractivity contribution is 5.26. The Morgan fingerprint density at radius 1 is 1.67 bits per heavy atom. The summed E-state index contributed by atoms with van der Waals surface area (Å²) in [7, 11) is 0. The van der Waals surface area contributed by atoms with Gasteiger partial charge in [-0.25, -0.2) is 9.18 Å². The number of rotatable bonds is 2. The maximum absolute atomic E-state index is 13.1. The predicted molar refractivity (Wildman–Crippen MR) is 51.7 cm³/mol. The van der Waals surface area contributed by atoms with Crippen LogP contribution in [0.25, 0.3) is 0 Å². The van der Waals surface area contributed by atoms with E-state index in [2.05, 4.69) is 4.98 Å². The van der Waals surface area contributed by atoms with E-state index >= 15 is 0 Å². The lowest BCUT2D eigenvalue weighted by Crippen LogP contribution is -2.36. The highest BCUT2D eigenvalue weighted by Crippen LogP contribution is 2.36. The third kappa shape index (κ3) is 1.72. The summed E-state index contributed by atoms with van der Waals surface area (Å²) in [5, 5.41) is 8.82. The average Bonchev–Trinajstić information content (AvgIpc) is 2.12. The van der Waals surface area contributed by atoms with Crippen LogP contribution in [0.2, 0.25) is 0 Å².